The van der Waals surface area contributed by atoms with Crippen molar-refractivity contribution in [3.63, 3.8) is 0 Å². The third kappa shape index (κ3) is 2.40. The van der Waals surface area contributed by atoms with Crippen LogP contribution in [0.4, 0.5) is 5.69 Å². The molecule has 0 aliphatic rings. The minimum absolute atomic E-state index is 0.0294. The Hall–Kier alpha value is -1.39. The van der Waals surface area contributed by atoms with Gasteiger partial charge < -0.3 is 15.6 Å². The number of phenols is 1. The van der Waals surface area contributed by atoms with Gasteiger partial charge in [-0.3, -0.25) is 0 Å². The molecule has 0 bridgehead atoms. The number of halogens is 1. The van der Waals surface area contributed by atoms with Crippen LogP contribution in [-0.4, -0.2) is 5.11 Å². The van der Waals surface area contributed by atoms with Crippen molar-refractivity contribution in [3.8, 4) is 11.5 Å². The second kappa shape index (κ2) is 4.63. The van der Waals surface area contributed by atoms with Crippen LogP contribution in [0.2, 0.25) is 4.34 Å². The van der Waals surface area contributed by atoms with Crippen LogP contribution in [0.3, 0.4) is 0 Å². The molecule has 0 unspecified atom stereocenters. The van der Waals surface area contributed by atoms with Crippen molar-refractivity contribution in [1.29, 1.82) is 0 Å². The number of nitrogen functional groups attached to an aromatic ring is 1. The summed E-state index contributed by atoms with van der Waals surface area (Å²) in [7, 11) is 0. The summed E-state index contributed by atoms with van der Waals surface area (Å²) < 4.78 is 6.21. The highest BCUT2D eigenvalue weighted by molar-refractivity contribution is 7.16. The van der Waals surface area contributed by atoms with E-state index in [-0.39, 0.29) is 11.4 Å². The zero-order chi connectivity index (χ0) is 11.5. The van der Waals surface area contributed by atoms with Gasteiger partial charge in [0.05, 0.1) is 4.34 Å². The summed E-state index contributed by atoms with van der Waals surface area (Å²) in [5.41, 5.74) is 5.91. The first kappa shape index (κ1) is 11.1. The van der Waals surface area contributed by atoms with Crippen molar-refractivity contribution in [2.75, 3.05) is 5.73 Å². The molecule has 16 heavy (non-hydrogen) atoms. The summed E-state index contributed by atoms with van der Waals surface area (Å²) in [6, 6.07) is 8.62. The number of anilines is 1. The Labute approximate surface area is 102 Å². The van der Waals surface area contributed by atoms with Crippen LogP contribution < -0.4 is 10.5 Å². The number of para-hydroxylation sites is 1. The van der Waals surface area contributed by atoms with E-state index in [1.54, 1.807) is 12.1 Å². The van der Waals surface area contributed by atoms with E-state index < -0.39 is 0 Å². The van der Waals surface area contributed by atoms with Gasteiger partial charge in [-0.2, -0.15) is 0 Å². The molecule has 0 amide bonds. The lowest BCUT2D eigenvalue weighted by molar-refractivity contribution is 0.310. The first-order chi connectivity index (χ1) is 7.66. The topological polar surface area (TPSA) is 55.5 Å². The van der Waals surface area contributed by atoms with Gasteiger partial charge in [-0.15, -0.1) is 11.3 Å². The van der Waals surface area contributed by atoms with Crippen LogP contribution in [0, 0.1) is 0 Å². The summed E-state index contributed by atoms with van der Waals surface area (Å²) in [5, 5.41) is 9.38. The molecule has 5 heteroatoms. The maximum Gasteiger partial charge on any atom is 0.146 e. The number of phenolic OH excluding ortho intramolecular Hbond substituents is 1. The van der Waals surface area contributed by atoms with Crippen molar-refractivity contribution in [1.82, 2.24) is 0 Å². The Balaban J connectivity index is 2.07. The fourth-order valence-corrected chi connectivity index (χ4v) is 2.24. The normalized spacial score (nSPS) is 10.3. The maximum atomic E-state index is 9.38. The first-order valence-electron chi connectivity index (χ1n) is 4.61. The number of rotatable bonds is 3. The molecule has 0 saturated carbocycles. The molecule has 0 aliphatic carbocycles. The molecule has 1 aromatic carbocycles. The lowest BCUT2D eigenvalue weighted by atomic mass is 10.3. The summed E-state index contributed by atoms with van der Waals surface area (Å²) in [6.07, 6.45) is 0. The molecule has 2 aromatic rings. The van der Waals surface area contributed by atoms with Crippen LogP contribution in [-0.2, 0) is 6.61 Å². The van der Waals surface area contributed by atoms with Gasteiger partial charge >= 0.3 is 0 Å². The lowest BCUT2D eigenvalue weighted by Gasteiger charge is -2.08. The monoisotopic (exact) mass is 255 g/mol. The van der Waals surface area contributed by atoms with Gasteiger partial charge in [-0.05, 0) is 24.3 Å². The quantitative estimate of drug-likeness (QED) is 0.654. The number of thiophene rings is 1. The predicted molar refractivity (Wildman–Crippen MR) is 66.2 cm³/mol. The zero-order valence-corrected chi connectivity index (χ0v) is 9.89. The van der Waals surface area contributed by atoms with Crippen molar-refractivity contribution in [3.05, 3.63) is 39.5 Å². The average Bonchev–Trinajstić information content (AvgIpc) is 2.67. The molecular weight excluding hydrogens is 246 g/mol. The smallest absolute Gasteiger partial charge is 0.146 e. The number of hydrogen-bond acceptors (Lipinski definition) is 4. The summed E-state index contributed by atoms with van der Waals surface area (Å²) in [6.45, 7) is 0.394. The molecule has 0 aliphatic heterocycles. The lowest BCUT2D eigenvalue weighted by Crippen LogP contribution is -1.97. The molecule has 1 aromatic heterocycles. The Bertz CT molecular complexity index is 498. The second-order valence-corrected chi connectivity index (χ2v) is 4.98. The molecule has 1 heterocycles. The number of aromatic hydroxyl groups is 1. The fraction of sp³-hybridized carbons (Fsp3) is 0.0909. The van der Waals surface area contributed by atoms with Crippen molar-refractivity contribution < 1.29 is 9.84 Å². The molecule has 3 nitrogen and oxygen atoms in total. The van der Waals surface area contributed by atoms with E-state index in [4.69, 9.17) is 22.1 Å². The van der Waals surface area contributed by atoms with Gasteiger partial charge in [0, 0.05) is 4.88 Å². The van der Waals surface area contributed by atoms with Crippen molar-refractivity contribution in [2.24, 2.45) is 0 Å². The Morgan fingerprint density at radius 2 is 2.12 bits per heavy atom. The second-order valence-electron chi connectivity index (χ2n) is 3.18. The summed E-state index contributed by atoms with van der Waals surface area (Å²) in [4.78, 5) is 1.01. The molecule has 0 spiro atoms. The van der Waals surface area contributed by atoms with Gasteiger partial charge in [0.25, 0.3) is 0 Å². The number of hydrogen-bond donors (Lipinski definition) is 2. The predicted octanol–water partition coefficient (Wildman–Crippen LogP) is 3.27. The van der Waals surface area contributed by atoms with Crippen LogP contribution >= 0.6 is 22.9 Å². The van der Waals surface area contributed by atoms with E-state index in [2.05, 4.69) is 0 Å². The molecule has 84 valence electrons. The number of nitrogens with two attached hydrogens (primary N) is 1. The van der Waals surface area contributed by atoms with E-state index in [1.807, 2.05) is 12.1 Å². The largest absolute Gasteiger partial charge is 0.506 e. The van der Waals surface area contributed by atoms with E-state index in [0.29, 0.717) is 12.4 Å². The molecule has 0 radical (unpaired) electrons. The fourth-order valence-electron chi connectivity index (χ4n) is 1.24. The average molecular weight is 256 g/mol. The standard InChI is InChI=1S/C11H10ClNO2S/c12-10-5-4-7(16-10)6-15-9-3-1-2-8(14)11(9)13/h1-5,14H,6,13H2. The van der Waals surface area contributed by atoms with Crippen molar-refractivity contribution >= 4 is 28.6 Å². The third-order valence-electron chi connectivity index (χ3n) is 2.04. The molecule has 3 N–H and O–H groups in total. The van der Waals surface area contributed by atoms with Crippen LogP contribution in [0.1, 0.15) is 4.88 Å². The molecular formula is C11H10ClNO2S. The number of ether oxygens (including phenoxy) is 1. The SMILES string of the molecule is Nc1c(O)cccc1OCc1ccc(Cl)s1. The van der Waals surface area contributed by atoms with E-state index >= 15 is 0 Å². The molecule has 0 atom stereocenters. The summed E-state index contributed by atoms with van der Waals surface area (Å²) >= 11 is 7.25. The van der Waals surface area contributed by atoms with E-state index in [9.17, 15) is 5.11 Å². The number of benzene rings is 1. The highest BCUT2D eigenvalue weighted by Crippen LogP contribution is 2.31. The van der Waals surface area contributed by atoms with E-state index in [1.165, 1.54) is 17.4 Å². The Morgan fingerprint density at radius 1 is 1.31 bits per heavy atom. The van der Waals surface area contributed by atoms with Crippen LogP contribution in [0.5, 0.6) is 11.5 Å². The van der Waals surface area contributed by atoms with Crippen LogP contribution in [0.25, 0.3) is 0 Å². The van der Waals surface area contributed by atoms with E-state index in [0.717, 1.165) is 9.21 Å². The minimum Gasteiger partial charge on any atom is -0.506 e. The maximum absolute atomic E-state index is 9.38. The van der Waals surface area contributed by atoms with Gasteiger partial charge in [-0.25, -0.2) is 0 Å². The van der Waals surface area contributed by atoms with Gasteiger partial charge in [0.15, 0.2) is 0 Å². The third-order valence-corrected chi connectivity index (χ3v) is 3.25. The molecule has 0 saturated heterocycles. The van der Waals surface area contributed by atoms with Gasteiger partial charge in [0.2, 0.25) is 0 Å². The molecule has 2 rings (SSSR count). The van der Waals surface area contributed by atoms with Gasteiger partial charge in [-0.1, -0.05) is 17.7 Å². The van der Waals surface area contributed by atoms with Crippen molar-refractivity contribution in [2.45, 2.75) is 6.61 Å². The Kier molecular flexibility index (Phi) is 3.22. The minimum atomic E-state index is 0.0294. The highest BCUT2D eigenvalue weighted by atomic mass is 35.5. The summed E-state index contributed by atoms with van der Waals surface area (Å²) in [5.74, 6) is 0.506. The zero-order valence-electron chi connectivity index (χ0n) is 8.31. The van der Waals surface area contributed by atoms with Gasteiger partial charge in [0.1, 0.15) is 23.8 Å². The first-order valence-corrected chi connectivity index (χ1v) is 5.81. The van der Waals surface area contributed by atoms with Crippen LogP contribution in [0.15, 0.2) is 30.3 Å². The highest BCUT2D eigenvalue weighted by Gasteiger charge is 2.05. The molecule has 0 fully saturated rings. The Morgan fingerprint density at radius 3 is 2.81 bits per heavy atom.